The molecule has 0 radical (unpaired) electrons. The predicted octanol–water partition coefficient (Wildman–Crippen LogP) is 4.68. The molecule has 11 rings (SSSR count). The first kappa shape index (κ1) is 67.7. The summed E-state index contributed by atoms with van der Waals surface area (Å²) in [7, 11) is -7.31. The average Bonchev–Trinajstić information content (AvgIpc) is 1.70. The Labute approximate surface area is 538 Å². The number of hydrogen-bond donors (Lipinski definition) is 5. The van der Waals surface area contributed by atoms with Crippen LogP contribution in [0.25, 0.3) is 11.3 Å². The van der Waals surface area contributed by atoms with Gasteiger partial charge in [0.25, 0.3) is 11.8 Å². The topological polar surface area (TPSA) is 409 Å². The van der Waals surface area contributed by atoms with E-state index in [-0.39, 0.29) is 58.8 Å². The van der Waals surface area contributed by atoms with Crippen LogP contribution in [-0.4, -0.2) is 183 Å². The van der Waals surface area contributed by atoms with Crippen molar-refractivity contribution in [1.82, 2.24) is 43.9 Å². The number of carbonyl (C=O) groups is 3. The first-order chi connectivity index (χ1) is 44.0. The van der Waals surface area contributed by atoms with Crippen LogP contribution < -0.4 is 19.2 Å². The molecule has 93 heavy (non-hydrogen) atoms. The van der Waals surface area contributed by atoms with Crippen LogP contribution in [0.1, 0.15) is 126 Å². The van der Waals surface area contributed by atoms with Crippen LogP contribution in [0.3, 0.4) is 0 Å². The summed E-state index contributed by atoms with van der Waals surface area (Å²) in [6.45, 7) is 11.8. The van der Waals surface area contributed by atoms with Gasteiger partial charge in [-0.25, -0.2) is 40.6 Å². The Kier molecular flexibility index (Phi) is 20.1. The Morgan fingerprint density at radius 2 is 0.978 bits per heavy atom. The maximum Gasteiger partial charge on any atom is 0.410 e. The third-order valence-electron chi connectivity index (χ3n) is 16.4. The molecule has 5 fully saturated rings. The molecule has 9 heterocycles. The Balaban J connectivity index is 0.000000180. The van der Waals surface area contributed by atoms with Crippen LogP contribution in [0.2, 0.25) is 0 Å². The van der Waals surface area contributed by atoms with Gasteiger partial charge in [0.2, 0.25) is 20.0 Å². The number of ether oxygens (including phenoxy) is 1. The van der Waals surface area contributed by atoms with Crippen LogP contribution in [0.5, 0.6) is 0 Å². The molecule has 3 amide bonds. The minimum atomic E-state index is -3.66. The van der Waals surface area contributed by atoms with E-state index in [1.54, 1.807) is 39.6 Å². The number of likely N-dealkylation sites (tertiary alicyclic amines) is 3. The molecule has 5 N–H and O–H groups in total. The molecule has 0 unspecified atom stereocenters. The number of aromatic nitrogens is 6. The van der Waals surface area contributed by atoms with Gasteiger partial charge in [-0.15, -0.1) is 0 Å². The lowest BCUT2D eigenvalue weighted by Gasteiger charge is -2.35. The number of β-amino-alcohol motifs (C(OH)–C–C–N with tert-alkyl or cyclic N) is 3. The van der Waals surface area contributed by atoms with Gasteiger partial charge in [-0.1, -0.05) is 0 Å². The summed E-state index contributed by atoms with van der Waals surface area (Å²) >= 11 is 0. The highest BCUT2D eigenvalue weighted by atomic mass is 32.2. The number of amides is 3. The number of aryl methyl sites for hydroxylation is 2. The average molecular weight is 1310 g/mol. The molecule has 4 aromatic heterocycles. The number of anilines is 4. The van der Waals surface area contributed by atoms with E-state index in [1.807, 2.05) is 66.4 Å². The quantitative estimate of drug-likeness (QED) is 0.124. The van der Waals surface area contributed by atoms with Crippen molar-refractivity contribution in [3.63, 3.8) is 0 Å². The SMILES string of the molecule is CC(C)(C)OC(=O)N1C[C@H](O)[C@@H](C#N)C1.Cc1cn2nc([C@@H]3CCCCN3C(=O)c3cc(C#N)ccc3NS(C)(=O)=O)cc2nc1N1C[C@@H](O)[C@H](C#N)C1.Cc1cn2nc([C@@H]3CCCCN3C(=O)c3cc(C#N)ccc3NS(C)(=O)=O)cc2nc1N1C[C@H](O)[C@@H](C#N)C1. The summed E-state index contributed by atoms with van der Waals surface area (Å²) < 4.78 is 61.0. The third kappa shape index (κ3) is 15.8. The second-order valence-corrected chi connectivity index (χ2v) is 28.4. The monoisotopic (exact) mass is 1310 g/mol. The van der Waals surface area contributed by atoms with Gasteiger partial charge in [0.1, 0.15) is 17.2 Å². The minimum Gasteiger partial charge on any atom is -0.444 e. The number of nitrogens with zero attached hydrogens (tertiary/aromatic N) is 16. The molecule has 0 bridgehead atoms. The molecule has 6 aromatic rings. The number of hydrogen-bond acceptors (Lipinski definition) is 22. The number of carbonyl (C=O) groups excluding carboxylic acids is 3. The molecule has 29 nitrogen and oxygen atoms in total. The third-order valence-corrected chi connectivity index (χ3v) is 17.6. The lowest BCUT2D eigenvalue weighted by molar-refractivity contribution is 0.0269. The zero-order chi connectivity index (χ0) is 67.4. The van der Waals surface area contributed by atoms with Gasteiger partial charge in [0.15, 0.2) is 11.3 Å². The number of rotatable bonds is 10. The Bertz CT molecular complexity index is 4080. The highest BCUT2D eigenvalue weighted by Gasteiger charge is 2.39. The molecule has 0 spiro atoms. The molecule has 31 heteroatoms. The van der Waals surface area contributed by atoms with Gasteiger partial charge >= 0.3 is 6.09 Å². The molecule has 8 atom stereocenters. The van der Waals surface area contributed by atoms with Crippen LogP contribution >= 0.6 is 0 Å². The minimum absolute atomic E-state index is 0.103. The fourth-order valence-electron chi connectivity index (χ4n) is 12.0. The number of nitrogens with one attached hydrogen (secondary N) is 2. The summed E-state index contributed by atoms with van der Waals surface area (Å²) in [6, 6.07) is 21.8. The predicted molar refractivity (Wildman–Crippen MR) is 338 cm³/mol. The van der Waals surface area contributed by atoms with Crippen LogP contribution in [0, 0.1) is 88.3 Å². The van der Waals surface area contributed by atoms with Gasteiger partial charge in [0, 0.05) is 81.5 Å². The van der Waals surface area contributed by atoms with E-state index in [1.165, 1.54) is 41.3 Å². The van der Waals surface area contributed by atoms with Crippen LogP contribution in [0.4, 0.5) is 27.8 Å². The molecule has 5 saturated heterocycles. The number of piperidine rings is 2. The zero-order valence-electron chi connectivity index (χ0n) is 52.4. The van der Waals surface area contributed by atoms with Gasteiger partial charge in [-0.3, -0.25) is 19.0 Å². The standard InChI is InChI=1S/2C26H28N8O4S.C10H16N2O3/c2*1-16-13-34-24(29-25(16)32-14-18(12-28)23(35)15-32)10-21(30-34)22-5-3-4-8-33(22)26(36)19-9-17(11-27)6-7-20(19)31-39(2,37)38;1-10(2,3)15-9(14)12-5-7(4-11)8(13)6-12/h2*6-7,9-10,13,18,22-23,31,35H,3-5,8,14-15H2,1-2H3;7-8,13H,5-6H2,1-3H3/t18-,22+,23-;18-,22-,23-;7-,8-/m100/s1. The molecule has 2 aromatic carbocycles. The van der Waals surface area contributed by atoms with Crippen molar-refractivity contribution < 1.29 is 51.3 Å². The number of nitriles is 5. The highest BCUT2D eigenvalue weighted by molar-refractivity contribution is 7.92. The maximum atomic E-state index is 13.8. The normalized spacial score (nSPS) is 22.3. The second kappa shape index (κ2) is 27.6. The molecule has 488 valence electrons. The first-order valence-corrected chi connectivity index (χ1v) is 33.9. The van der Waals surface area contributed by atoms with Crippen LogP contribution in [-0.2, 0) is 24.8 Å². The van der Waals surface area contributed by atoms with Gasteiger partial charge in [-0.2, -0.15) is 36.5 Å². The molecular formula is C62H72N18O11S2. The van der Waals surface area contributed by atoms with Crippen molar-refractivity contribution in [2.24, 2.45) is 17.8 Å². The molecule has 0 saturated carbocycles. The smallest absolute Gasteiger partial charge is 0.410 e. The molecule has 5 aliphatic heterocycles. The largest absolute Gasteiger partial charge is 0.444 e. The van der Waals surface area contributed by atoms with Gasteiger partial charge < -0.3 is 44.6 Å². The Morgan fingerprint density at radius 3 is 1.33 bits per heavy atom. The molecule has 0 aliphatic carbocycles. The van der Waals surface area contributed by atoms with Crippen LogP contribution in [0.15, 0.2) is 60.9 Å². The van der Waals surface area contributed by atoms with E-state index >= 15 is 0 Å². The van der Waals surface area contributed by atoms with Crippen molar-refractivity contribution >= 4 is 72.3 Å². The Hall–Kier alpha value is -9.68. The van der Waals surface area contributed by atoms with Crippen molar-refractivity contribution in [2.45, 2.75) is 109 Å². The number of sulfonamides is 2. The summed E-state index contributed by atoms with van der Waals surface area (Å²) in [5, 5.41) is 85.3. The summed E-state index contributed by atoms with van der Waals surface area (Å²) in [4.78, 5) is 57.2. The zero-order valence-corrected chi connectivity index (χ0v) is 54.0. The van der Waals surface area contributed by atoms with E-state index in [9.17, 15) is 67.6 Å². The molecular weight excluding hydrogens is 1240 g/mol. The lowest BCUT2D eigenvalue weighted by atomic mass is 9.97. The van der Waals surface area contributed by atoms with E-state index in [2.05, 4.69) is 21.6 Å². The highest BCUT2D eigenvalue weighted by Crippen LogP contribution is 2.37. The van der Waals surface area contributed by atoms with Crippen molar-refractivity contribution in [3.05, 3.63) is 106 Å². The summed E-state index contributed by atoms with van der Waals surface area (Å²) in [6.07, 6.45) is 7.63. The second-order valence-electron chi connectivity index (χ2n) is 24.9. The number of aliphatic hydroxyl groups excluding tert-OH is 3. The lowest BCUT2D eigenvalue weighted by Crippen LogP contribution is -2.39. The number of fused-ring (bicyclic) bond motifs is 2. The van der Waals surface area contributed by atoms with Crippen molar-refractivity contribution in [3.8, 4) is 30.3 Å². The summed E-state index contributed by atoms with van der Waals surface area (Å²) in [5.74, 6) is -0.897. The fourth-order valence-corrected chi connectivity index (χ4v) is 13.2. The van der Waals surface area contributed by atoms with E-state index in [0.29, 0.717) is 86.4 Å². The van der Waals surface area contributed by atoms with Crippen molar-refractivity contribution in [1.29, 1.82) is 26.3 Å². The Morgan fingerprint density at radius 1 is 0.581 bits per heavy atom. The maximum absolute atomic E-state index is 13.8. The molecule has 5 aliphatic rings. The van der Waals surface area contributed by atoms with E-state index in [4.69, 9.17) is 30.2 Å². The number of aliphatic hydroxyl groups is 3. The first-order valence-electron chi connectivity index (χ1n) is 30.1. The number of benzene rings is 2. The summed E-state index contributed by atoms with van der Waals surface area (Å²) in [5.41, 5.74) is 4.51. The van der Waals surface area contributed by atoms with Gasteiger partial charge in [0.05, 0.1) is 143 Å². The fraction of sp³-hybridized carbons (Fsp3) is 0.484. The van der Waals surface area contributed by atoms with E-state index in [0.717, 1.165) is 49.3 Å². The van der Waals surface area contributed by atoms with E-state index < -0.39 is 79.6 Å². The van der Waals surface area contributed by atoms with Crippen molar-refractivity contribution in [2.75, 3.05) is 84.1 Å². The van der Waals surface area contributed by atoms with Gasteiger partial charge in [-0.05, 0) is 110 Å².